The Bertz CT molecular complexity index is 930. The molecule has 2 aromatic carbocycles. The number of aromatic nitrogens is 3. The van der Waals surface area contributed by atoms with Crippen molar-refractivity contribution in [3.05, 3.63) is 60.7 Å². The summed E-state index contributed by atoms with van der Waals surface area (Å²) in [5.74, 6) is 2.34. The molecule has 3 rings (SSSR count). The molecule has 0 unspecified atom stereocenters. The molecule has 1 aromatic heterocycles. The van der Waals surface area contributed by atoms with Crippen LogP contribution in [0.25, 0.3) is 5.69 Å². The van der Waals surface area contributed by atoms with Crippen molar-refractivity contribution in [2.45, 2.75) is 20.4 Å². The topological polar surface area (TPSA) is 99.6 Å². The second-order valence-electron chi connectivity index (χ2n) is 5.80. The van der Waals surface area contributed by atoms with E-state index in [9.17, 15) is 0 Å². The minimum absolute atomic E-state index is 0. The first-order valence-electron chi connectivity index (χ1n) is 9.12. The van der Waals surface area contributed by atoms with Crippen LogP contribution < -0.4 is 20.5 Å². The summed E-state index contributed by atoms with van der Waals surface area (Å²) < 4.78 is 13.1. The summed E-state index contributed by atoms with van der Waals surface area (Å²) in [6.07, 6.45) is 1.66. The molecule has 0 amide bonds. The molecule has 0 fully saturated rings. The highest BCUT2D eigenvalue weighted by Crippen LogP contribution is 2.29. The molecular formula is C20H25IN6O2. The van der Waals surface area contributed by atoms with Gasteiger partial charge in [0.05, 0.1) is 18.9 Å². The third kappa shape index (κ3) is 6.08. The van der Waals surface area contributed by atoms with Crippen LogP contribution in [0.2, 0.25) is 0 Å². The molecule has 0 radical (unpaired) electrons. The fourth-order valence-electron chi connectivity index (χ4n) is 2.65. The zero-order chi connectivity index (χ0) is 19.8. The molecule has 154 valence electrons. The van der Waals surface area contributed by atoms with E-state index in [4.69, 9.17) is 15.2 Å². The molecule has 0 spiro atoms. The number of hydrogen-bond donors (Lipinski definition) is 2. The van der Waals surface area contributed by atoms with Gasteiger partial charge < -0.3 is 20.5 Å². The number of guanidine groups is 1. The Morgan fingerprint density at radius 2 is 1.86 bits per heavy atom. The Morgan fingerprint density at radius 3 is 2.59 bits per heavy atom. The summed E-state index contributed by atoms with van der Waals surface area (Å²) in [6.45, 7) is 5.26. The lowest BCUT2D eigenvalue weighted by Crippen LogP contribution is -2.23. The number of rotatable bonds is 8. The van der Waals surface area contributed by atoms with Gasteiger partial charge in [-0.15, -0.1) is 34.2 Å². The molecular weight excluding hydrogens is 483 g/mol. The lowest BCUT2D eigenvalue weighted by molar-refractivity contribution is 0.332. The summed E-state index contributed by atoms with van der Waals surface area (Å²) >= 11 is 0. The quantitative estimate of drug-likeness (QED) is 0.274. The predicted molar refractivity (Wildman–Crippen MR) is 125 cm³/mol. The summed E-state index contributed by atoms with van der Waals surface area (Å²) in [4.78, 5) is 4.39. The number of halogens is 1. The van der Waals surface area contributed by atoms with E-state index in [2.05, 4.69) is 20.5 Å². The molecule has 3 aromatic rings. The lowest BCUT2D eigenvalue weighted by atomic mass is 10.2. The highest BCUT2D eigenvalue weighted by Gasteiger charge is 2.09. The van der Waals surface area contributed by atoms with Gasteiger partial charge in [0, 0.05) is 11.8 Å². The molecule has 8 nitrogen and oxygen atoms in total. The van der Waals surface area contributed by atoms with Gasteiger partial charge >= 0.3 is 0 Å². The Morgan fingerprint density at radius 1 is 1.10 bits per heavy atom. The third-order valence-electron chi connectivity index (χ3n) is 3.87. The number of nitrogens with one attached hydrogen (secondary N) is 1. The fraction of sp³-hybridized carbons (Fsp3) is 0.250. The molecule has 1 heterocycles. The number of benzene rings is 2. The van der Waals surface area contributed by atoms with Gasteiger partial charge in [-0.25, -0.2) is 4.99 Å². The number of hydrogen-bond acceptors (Lipinski definition) is 5. The van der Waals surface area contributed by atoms with Gasteiger partial charge in [0.25, 0.3) is 0 Å². The normalized spacial score (nSPS) is 10.9. The van der Waals surface area contributed by atoms with Crippen molar-refractivity contribution in [2.24, 2.45) is 10.7 Å². The molecule has 0 aliphatic carbocycles. The van der Waals surface area contributed by atoms with Crippen molar-refractivity contribution in [3.8, 4) is 17.2 Å². The SMILES string of the molecule is CCOc1ccc(OCC)c(NC(N)=NCc2nncn2-c2ccccc2)c1.I. The average Bonchev–Trinajstić information content (AvgIpc) is 3.18. The Hall–Kier alpha value is -2.82. The van der Waals surface area contributed by atoms with E-state index < -0.39 is 0 Å². The van der Waals surface area contributed by atoms with Crippen molar-refractivity contribution >= 4 is 35.6 Å². The maximum Gasteiger partial charge on any atom is 0.193 e. The van der Waals surface area contributed by atoms with Gasteiger partial charge in [-0.3, -0.25) is 4.57 Å². The minimum atomic E-state index is 0. The lowest BCUT2D eigenvalue weighted by Gasteiger charge is -2.14. The Kier molecular flexibility index (Phi) is 8.71. The fourth-order valence-corrected chi connectivity index (χ4v) is 2.65. The zero-order valence-electron chi connectivity index (χ0n) is 16.4. The Labute approximate surface area is 187 Å². The van der Waals surface area contributed by atoms with Crippen molar-refractivity contribution in [3.63, 3.8) is 0 Å². The van der Waals surface area contributed by atoms with E-state index in [-0.39, 0.29) is 36.5 Å². The zero-order valence-corrected chi connectivity index (χ0v) is 18.7. The summed E-state index contributed by atoms with van der Waals surface area (Å²) in [6, 6.07) is 15.4. The van der Waals surface area contributed by atoms with Crippen molar-refractivity contribution in [1.82, 2.24) is 14.8 Å². The number of para-hydroxylation sites is 1. The molecule has 0 atom stereocenters. The number of nitrogens with zero attached hydrogens (tertiary/aromatic N) is 4. The summed E-state index contributed by atoms with van der Waals surface area (Å²) in [5, 5.41) is 11.2. The largest absolute Gasteiger partial charge is 0.494 e. The molecule has 0 aliphatic rings. The van der Waals surface area contributed by atoms with E-state index in [1.54, 1.807) is 6.33 Å². The Balaban J connectivity index is 0.00000300. The maximum atomic E-state index is 6.09. The molecule has 3 N–H and O–H groups in total. The first kappa shape index (κ1) is 22.5. The van der Waals surface area contributed by atoms with Crippen LogP contribution in [0.3, 0.4) is 0 Å². The van der Waals surface area contributed by atoms with Gasteiger partial charge in [0.2, 0.25) is 0 Å². The van der Waals surface area contributed by atoms with Gasteiger partial charge in [0.1, 0.15) is 24.4 Å². The van der Waals surface area contributed by atoms with Crippen molar-refractivity contribution in [2.75, 3.05) is 18.5 Å². The van der Waals surface area contributed by atoms with Crippen LogP contribution in [0.15, 0.2) is 59.9 Å². The first-order chi connectivity index (χ1) is 13.7. The molecule has 0 aliphatic heterocycles. The second kappa shape index (κ2) is 11.2. The van der Waals surface area contributed by atoms with Crippen LogP contribution in [0.5, 0.6) is 11.5 Å². The van der Waals surface area contributed by atoms with Gasteiger partial charge in [-0.05, 0) is 38.1 Å². The molecule has 9 heteroatoms. The van der Waals surface area contributed by atoms with Crippen LogP contribution in [0.1, 0.15) is 19.7 Å². The number of nitrogens with two attached hydrogens (primary N) is 1. The summed E-state index contributed by atoms with van der Waals surface area (Å²) in [7, 11) is 0. The van der Waals surface area contributed by atoms with Gasteiger partial charge in [0.15, 0.2) is 11.8 Å². The smallest absolute Gasteiger partial charge is 0.193 e. The average molecular weight is 508 g/mol. The number of anilines is 1. The standard InChI is InChI=1S/C20H24N6O2.HI/c1-3-27-16-10-11-18(28-4-2)17(12-16)24-20(21)22-13-19-25-23-14-26(19)15-8-6-5-7-9-15;/h5-12,14H,3-4,13H2,1-2H3,(H3,21,22,24);1H. The van der Waals surface area contributed by atoms with E-state index in [1.807, 2.05) is 66.9 Å². The molecule has 0 saturated heterocycles. The number of aliphatic imine (C=N–C) groups is 1. The van der Waals surface area contributed by atoms with Crippen molar-refractivity contribution in [1.29, 1.82) is 0 Å². The maximum absolute atomic E-state index is 6.09. The van der Waals surface area contributed by atoms with E-state index in [0.717, 1.165) is 11.4 Å². The van der Waals surface area contributed by atoms with Gasteiger partial charge in [-0.1, -0.05) is 18.2 Å². The first-order valence-corrected chi connectivity index (χ1v) is 9.12. The minimum Gasteiger partial charge on any atom is -0.494 e. The predicted octanol–water partition coefficient (Wildman–Crippen LogP) is 3.61. The highest BCUT2D eigenvalue weighted by molar-refractivity contribution is 14.0. The summed E-state index contributed by atoms with van der Waals surface area (Å²) in [5.41, 5.74) is 7.74. The third-order valence-corrected chi connectivity index (χ3v) is 3.87. The van der Waals surface area contributed by atoms with Crippen LogP contribution in [0, 0.1) is 0 Å². The van der Waals surface area contributed by atoms with Crippen LogP contribution in [0.4, 0.5) is 5.69 Å². The van der Waals surface area contributed by atoms with E-state index in [0.29, 0.717) is 30.5 Å². The second-order valence-corrected chi connectivity index (χ2v) is 5.80. The van der Waals surface area contributed by atoms with E-state index >= 15 is 0 Å². The van der Waals surface area contributed by atoms with Gasteiger partial charge in [-0.2, -0.15) is 0 Å². The van der Waals surface area contributed by atoms with Crippen LogP contribution >= 0.6 is 24.0 Å². The van der Waals surface area contributed by atoms with Crippen LogP contribution in [-0.4, -0.2) is 33.9 Å². The van der Waals surface area contributed by atoms with Crippen LogP contribution in [-0.2, 0) is 6.54 Å². The molecule has 0 bridgehead atoms. The van der Waals surface area contributed by atoms with E-state index in [1.165, 1.54) is 0 Å². The van der Waals surface area contributed by atoms with Crippen molar-refractivity contribution < 1.29 is 9.47 Å². The molecule has 29 heavy (non-hydrogen) atoms. The highest BCUT2D eigenvalue weighted by atomic mass is 127. The monoisotopic (exact) mass is 508 g/mol. The molecule has 0 saturated carbocycles. The number of ether oxygens (including phenoxy) is 2.